The molecule has 9 heteroatoms. The summed E-state index contributed by atoms with van der Waals surface area (Å²) in [6.45, 7) is 3.62. The Morgan fingerprint density at radius 3 is 2.41 bits per heavy atom. The van der Waals surface area contributed by atoms with Gasteiger partial charge in [0.05, 0.1) is 4.90 Å². The lowest BCUT2D eigenvalue weighted by atomic mass is 10.2. The van der Waals surface area contributed by atoms with Gasteiger partial charge >= 0.3 is 0 Å². The zero-order chi connectivity index (χ0) is 24.5. The van der Waals surface area contributed by atoms with Crippen molar-refractivity contribution in [3.63, 3.8) is 0 Å². The van der Waals surface area contributed by atoms with E-state index in [1.165, 1.54) is 22.7 Å². The van der Waals surface area contributed by atoms with Crippen molar-refractivity contribution in [3.8, 4) is 17.7 Å². The normalized spacial score (nSPS) is 11.9. The number of fused-ring (bicyclic) bond motifs is 1. The van der Waals surface area contributed by atoms with Crippen LogP contribution in [0.2, 0.25) is 0 Å². The molecule has 0 amide bonds. The van der Waals surface area contributed by atoms with Crippen LogP contribution in [0, 0.1) is 25.2 Å². The van der Waals surface area contributed by atoms with Gasteiger partial charge in [-0.3, -0.25) is 9.20 Å². The van der Waals surface area contributed by atoms with E-state index in [-0.39, 0.29) is 16.3 Å². The van der Waals surface area contributed by atoms with Gasteiger partial charge in [0.15, 0.2) is 0 Å². The number of halogens is 1. The largest absolute Gasteiger partial charge is 0.438 e. The number of ether oxygens (including phenoxy) is 1. The lowest BCUT2D eigenvalue weighted by Crippen LogP contribution is -2.20. The van der Waals surface area contributed by atoms with Gasteiger partial charge in [-0.05, 0) is 68.0 Å². The highest BCUT2D eigenvalue weighted by Crippen LogP contribution is 2.28. The van der Waals surface area contributed by atoms with Crippen LogP contribution in [0.25, 0.3) is 11.7 Å². The first-order chi connectivity index (χ1) is 16.2. The molecule has 0 radical (unpaired) electrons. The maximum atomic E-state index is 13.4. The van der Waals surface area contributed by atoms with Crippen LogP contribution in [0.3, 0.4) is 0 Å². The summed E-state index contributed by atoms with van der Waals surface area (Å²) in [6, 6.07) is 18.2. The number of rotatable bonds is 5. The second-order valence-corrected chi connectivity index (χ2v) is 10.3. The van der Waals surface area contributed by atoms with Crippen molar-refractivity contribution in [2.75, 3.05) is 0 Å². The minimum atomic E-state index is -4.18. The Morgan fingerprint density at radius 2 is 1.76 bits per heavy atom. The fourth-order valence-corrected chi connectivity index (χ4v) is 4.66. The molecule has 0 N–H and O–H groups in total. The van der Waals surface area contributed by atoms with Gasteiger partial charge in [-0.15, -0.1) is 0 Å². The molecule has 0 aliphatic rings. The minimum absolute atomic E-state index is 0.0500. The molecule has 0 atom stereocenters. The number of hydrogen-bond donors (Lipinski definition) is 0. The molecular weight excluding hydrogens is 518 g/mol. The SMILES string of the molecule is Cc1ccc(S(=O)(=O)C(C#N)=Cc2c(Oc3ccc(Br)cc3)nc3c(C)cccn3c2=O)cc1. The number of nitrogens with zero attached hydrogens (tertiary/aromatic N) is 3. The highest BCUT2D eigenvalue weighted by molar-refractivity contribution is 9.10. The van der Waals surface area contributed by atoms with Crippen molar-refractivity contribution in [1.29, 1.82) is 5.26 Å². The van der Waals surface area contributed by atoms with Crippen molar-refractivity contribution >= 4 is 37.5 Å². The number of hydrogen-bond acceptors (Lipinski definition) is 6. The maximum Gasteiger partial charge on any atom is 0.269 e. The first-order valence-electron chi connectivity index (χ1n) is 10.1. The van der Waals surface area contributed by atoms with Crippen LogP contribution in [0.1, 0.15) is 16.7 Å². The molecule has 4 aromatic rings. The van der Waals surface area contributed by atoms with Gasteiger partial charge in [0, 0.05) is 10.7 Å². The average Bonchev–Trinajstić information content (AvgIpc) is 2.81. The molecule has 0 aliphatic heterocycles. The van der Waals surface area contributed by atoms with E-state index in [1.54, 1.807) is 61.5 Å². The molecule has 0 fully saturated rings. The quantitative estimate of drug-likeness (QED) is 0.325. The van der Waals surface area contributed by atoms with Crippen LogP contribution in [0.4, 0.5) is 0 Å². The van der Waals surface area contributed by atoms with Gasteiger partial charge < -0.3 is 4.74 Å². The number of sulfone groups is 1. The Morgan fingerprint density at radius 1 is 1.09 bits per heavy atom. The van der Waals surface area contributed by atoms with Crippen molar-refractivity contribution in [1.82, 2.24) is 9.38 Å². The summed E-state index contributed by atoms with van der Waals surface area (Å²) in [5, 5.41) is 9.73. The fourth-order valence-electron chi connectivity index (χ4n) is 3.25. The van der Waals surface area contributed by atoms with Crippen molar-refractivity contribution < 1.29 is 13.2 Å². The Kier molecular flexibility index (Phi) is 6.37. The molecule has 2 aromatic heterocycles. The molecule has 0 bridgehead atoms. The number of allylic oxidation sites excluding steroid dienone is 1. The lowest BCUT2D eigenvalue weighted by Gasteiger charge is -2.12. The fraction of sp³-hybridized carbons (Fsp3) is 0.0800. The molecule has 2 aromatic carbocycles. The van der Waals surface area contributed by atoms with Crippen LogP contribution in [-0.2, 0) is 9.84 Å². The molecule has 7 nitrogen and oxygen atoms in total. The number of nitriles is 1. The maximum absolute atomic E-state index is 13.4. The predicted octanol–water partition coefficient (Wildman–Crippen LogP) is 5.20. The van der Waals surface area contributed by atoms with Crippen molar-refractivity contribution in [2.24, 2.45) is 0 Å². The summed E-state index contributed by atoms with van der Waals surface area (Å²) < 4.78 is 34.3. The summed E-state index contributed by atoms with van der Waals surface area (Å²) in [6.07, 6.45) is 2.55. The van der Waals surface area contributed by atoms with Gasteiger partial charge in [0.2, 0.25) is 15.7 Å². The van der Waals surface area contributed by atoms with Crippen LogP contribution < -0.4 is 10.3 Å². The first-order valence-corrected chi connectivity index (χ1v) is 12.4. The summed E-state index contributed by atoms with van der Waals surface area (Å²) in [5.74, 6) is 0.288. The van der Waals surface area contributed by atoms with E-state index in [1.807, 2.05) is 6.92 Å². The van der Waals surface area contributed by atoms with Crippen LogP contribution in [0.15, 0.2) is 85.9 Å². The molecule has 0 spiro atoms. The summed E-state index contributed by atoms with van der Waals surface area (Å²) >= 11 is 3.35. The Hall–Kier alpha value is -3.74. The third kappa shape index (κ3) is 4.51. The molecule has 0 unspecified atom stereocenters. The van der Waals surface area contributed by atoms with Gasteiger partial charge in [-0.2, -0.15) is 10.2 Å². The van der Waals surface area contributed by atoms with Crippen LogP contribution in [-0.4, -0.2) is 17.8 Å². The Bertz CT molecular complexity index is 1630. The highest BCUT2D eigenvalue weighted by Gasteiger charge is 2.23. The molecule has 34 heavy (non-hydrogen) atoms. The number of aromatic nitrogens is 2. The van der Waals surface area contributed by atoms with Gasteiger partial charge in [-0.1, -0.05) is 39.7 Å². The Balaban J connectivity index is 1.95. The van der Waals surface area contributed by atoms with E-state index in [2.05, 4.69) is 20.9 Å². The number of benzene rings is 2. The first kappa shape index (κ1) is 23.4. The molecule has 4 rings (SSSR count). The zero-order valence-electron chi connectivity index (χ0n) is 18.2. The van der Waals surface area contributed by atoms with Crippen LogP contribution >= 0.6 is 15.9 Å². The van der Waals surface area contributed by atoms with E-state index < -0.39 is 20.3 Å². The number of pyridine rings is 1. The molecule has 170 valence electrons. The summed E-state index contributed by atoms with van der Waals surface area (Å²) in [7, 11) is -4.18. The second kappa shape index (κ2) is 9.25. The van der Waals surface area contributed by atoms with Crippen molar-refractivity contribution in [2.45, 2.75) is 18.7 Å². The van der Waals surface area contributed by atoms with E-state index in [0.717, 1.165) is 21.7 Å². The van der Waals surface area contributed by atoms with E-state index in [0.29, 0.717) is 11.4 Å². The van der Waals surface area contributed by atoms with Crippen LogP contribution in [0.5, 0.6) is 11.6 Å². The van der Waals surface area contributed by atoms with Gasteiger partial charge in [0.25, 0.3) is 5.56 Å². The highest BCUT2D eigenvalue weighted by atomic mass is 79.9. The zero-order valence-corrected chi connectivity index (χ0v) is 20.6. The summed E-state index contributed by atoms with van der Waals surface area (Å²) in [4.78, 5) is 17.2. The molecule has 0 aliphatic carbocycles. The van der Waals surface area contributed by atoms with Gasteiger partial charge in [0.1, 0.15) is 27.9 Å². The third-order valence-electron chi connectivity index (χ3n) is 5.08. The molecule has 0 saturated carbocycles. The molecular formula is C25H18BrN3O4S. The second-order valence-electron chi connectivity index (χ2n) is 7.51. The van der Waals surface area contributed by atoms with Crippen molar-refractivity contribution in [3.05, 3.63) is 103 Å². The Labute approximate surface area is 204 Å². The smallest absolute Gasteiger partial charge is 0.269 e. The lowest BCUT2D eigenvalue weighted by molar-refractivity contribution is 0.460. The monoisotopic (exact) mass is 535 g/mol. The standard InChI is InChI=1S/C25H18BrN3O4S/c1-16-5-11-20(12-6-16)34(31,32)21(15-27)14-22-24(33-19-9-7-18(26)8-10-19)28-23-17(2)4-3-13-29(23)25(22)30/h3-14H,1-2H3. The van der Waals surface area contributed by atoms with E-state index in [9.17, 15) is 18.5 Å². The molecule has 2 heterocycles. The number of aryl methyl sites for hydroxylation is 2. The summed E-state index contributed by atoms with van der Waals surface area (Å²) in [5.41, 5.74) is 1.24. The predicted molar refractivity (Wildman–Crippen MR) is 132 cm³/mol. The molecule has 0 saturated heterocycles. The third-order valence-corrected chi connectivity index (χ3v) is 7.29. The van der Waals surface area contributed by atoms with E-state index in [4.69, 9.17) is 4.74 Å². The average molecular weight is 536 g/mol. The van der Waals surface area contributed by atoms with E-state index >= 15 is 0 Å². The topological polar surface area (TPSA) is 102 Å². The van der Waals surface area contributed by atoms with Gasteiger partial charge in [-0.25, -0.2) is 8.42 Å². The minimum Gasteiger partial charge on any atom is -0.438 e.